The number of halogens is 2. The first kappa shape index (κ1) is 20.6. The van der Waals surface area contributed by atoms with Crippen LogP contribution in [0.1, 0.15) is 11.4 Å². The van der Waals surface area contributed by atoms with Crippen LogP contribution in [0.2, 0.25) is 10.0 Å². The van der Waals surface area contributed by atoms with Gasteiger partial charge in [0, 0.05) is 5.56 Å². The third kappa shape index (κ3) is 4.13. The molecule has 3 aromatic carbocycles. The Hall–Kier alpha value is -2.64. The number of aromatic amines is 1. The van der Waals surface area contributed by atoms with Crippen molar-refractivity contribution in [2.24, 2.45) is 0 Å². The first-order valence-corrected chi connectivity index (χ1v) is 11.3. The van der Waals surface area contributed by atoms with E-state index in [1.165, 1.54) is 7.05 Å². The molecule has 2 N–H and O–H groups in total. The maximum atomic E-state index is 12.4. The normalized spacial score (nSPS) is 12.1. The van der Waals surface area contributed by atoms with E-state index in [1.807, 2.05) is 42.5 Å². The zero-order chi connectivity index (χ0) is 21.3. The summed E-state index contributed by atoms with van der Waals surface area (Å²) in [6, 6.07) is 17.9. The number of sulfonamides is 1. The molecule has 8 heteroatoms. The largest absolute Gasteiger partial charge is 0.338 e. The Morgan fingerprint density at radius 3 is 2.53 bits per heavy atom. The monoisotopic (exact) mass is 457 g/mol. The zero-order valence-electron chi connectivity index (χ0n) is 15.9. The Morgan fingerprint density at radius 1 is 0.967 bits per heavy atom. The molecule has 1 heterocycles. The van der Waals surface area contributed by atoms with E-state index in [4.69, 9.17) is 23.2 Å². The van der Waals surface area contributed by atoms with Crippen molar-refractivity contribution in [1.82, 2.24) is 14.7 Å². The fraction of sp³-hybridized carbons (Fsp3) is 0.0455. The Balaban J connectivity index is 1.70. The van der Waals surface area contributed by atoms with E-state index >= 15 is 0 Å². The number of H-pyrrole nitrogens is 1. The summed E-state index contributed by atoms with van der Waals surface area (Å²) >= 11 is 12.0. The number of benzene rings is 3. The van der Waals surface area contributed by atoms with Crippen molar-refractivity contribution in [3.8, 4) is 11.1 Å². The van der Waals surface area contributed by atoms with E-state index in [0.717, 1.165) is 22.2 Å². The van der Waals surface area contributed by atoms with Crippen LogP contribution in [0, 0.1) is 0 Å². The fourth-order valence-electron chi connectivity index (χ4n) is 3.12. The number of hydrogen-bond donors (Lipinski definition) is 2. The van der Waals surface area contributed by atoms with Gasteiger partial charge in [0.05, 0.1) is 26.0 Å². The molecule has 0 aliphatic rings. The molecule has 0 saturated carbocycles. The second kappa shape index (κ2) is 8.24. The molecule has 0 atom stereocenters. The lowest BCUT2D eigenvalue weighted by atomic mass is 10.1. The molecular formula is C22H17Cl2N3O2S. The van der Waals surface area contributed by atoms with Crippen molar-refractivity contribution in [3.63, 3.8) is 0 Å². The average Bonchev–Trinajstić information content (AvgIpc) is 3.16. The van der Waals surface area contributed by atoms with Crippen LogP contribution in [0.5, 0.6) is 0 Å². The van der Waals surface area contributed by atoms with Gasteiger partial charge in [-0.15, -0.1) is 0 Å². The van der Waals surface area contributed by atoms with Gasteiger partial charge in [-0.2, -0.15) is 0 Å². The molecule has 152 valence electrons. The van der Waals surface area contributed by atoms with Crippen molar-refractivity contribution < 1.29 is 8.42 Å². The van der Waals surface area contributed by atoms with E-state index in [9.17, 15) is 8.42 Å². The first-order valence-electron chi connectivity index (χ1n) is 9.03. The lowest BCUT2D eigenvalue weighted by molar-refractivity contribution is 0.588. The third-order valence-corrected chi connectivity index (χ3v) is 6.85. The lowest BCUT2D eigenvalue weighted by Gasteiger charge is -2.09. The summed E-state index contributed by atoms with van der Waals surface area (Å²) in [6.45, 7) is 0. The minimum atomic E-state index is -3.58. The average molecular weight is 458 g/mol. The number of hydrogen-bond acceptors (Lipinski definition) is 3. The molecule has 0 radical (unpaired) electrons. The predicted molar refractivity (Wildman–Crippen MR) is 123 cm³/mol. The van der Waals surface area contributed by atoms with Crippen LogP contribution in [-0.2, 0) is 10.0 Å². The molecule has 5 nitrogen and oxygen atoms in total. The van der Waals surface area contributed by atoms with Crippen molar-refractivity contribution in [2.45, 2.75) is 4.90 Å². The molecular weight excluding hydrogens is 441 g/mol. The predicted octanol–water partition coefficient (Wildman–Crippen LogP) is 5.62. The molecule has 0 aliphatic heterocycles. The molecule has 0 saturated heterocycles. The minimum absolute atomic E-state index is 0.228. The number of fused-ring (bicyclic) bond motifs is 1. The quantitative estimate of drug-likeness (QED) is 0.408. The van der Waals surface area contributed by atoms with E-state index in [1.54, 1.807) is 30.3 Å². The molecule has 4 aromatic rings. The summed E-state index contributed by atoms with van der Waals surface area (Å²) in [7, 11) is -2.18. The molecule has 0 amide bonds. The minimum Gasteiger partial charge on any atom is -0.338 e. The first-order chi connectivity index (χ1) is 14.4. The Bertz CT molecular complexity index is 1380. The summed E-state index contributed by atoms with van der Waals surface area (Å²) in [5.41, 5.74) is 3.88. The van der Waals surface area contributed by atoms with Gasteiger partial charge < -0.3 is 4.98 Å². The molecule has 4 rings (SSSR count). The van der Waals surface area contributed by atoms with Crippen LogP contribution < -0.4 is 4.72 Å². The number of aromatic nitrogens is 2. The van der Waals surface area contributed by atoms with Crippen LogP contribution in [0.3, 0.4) is 0 Å². The maximum Gasteiger partial charge on any atom is 0.240 e. The highest BCUT2D eigenvalue weighted by molar-refractivity contribution is 7.89. The highest BCUT2D eigenvalue weighted by Gasteiger charge is 2.17. The summed E-state index contributed by atoms with van der Waals surface area (Å²) < 4.78 is 27.1. The highest BCUT2D eigenvalue weighted by atomic mass is 35.5. The smallest absolute Gasteiger partial charge is 0.240 e. The van der Waals surface area contributed by atoms with E-state index in [-0.39, 0.29) is 4.90 Å². The summed E-state index contributed by atoms with van der Waals surface area (Å²) in [6.07, 6.45) is 3.73. The summed E-state index contributed by atoms with van der Waals surface area (Å²) in [5, 5.41) is 0.994. The lowest BCUT2D eigenvalue weighted by Crippen LogP contribution is -2.19. The maximum absolute atomic E-state index is 12.4. The van der Waals surface area contributed by atoms with Gasteiger partial charge in [0.2, 0.25) is 10.0 Å². The Kier molecular flexibility index (Phi) is 5.66. The van der Waals surface area contributed by atoms with Gasteiger partial charge in [-0.05, 0) is 54.6 Å². The summed E-state index contributed by atoms with van der Waals surface area (Å²) in [4.78, 5) is 8.04. The number of nitrogens with zero attached hydrogens (tertiary/aromatic N) is 1. The van der Waals surface area contributed by atoms with Crippen molar-refractivity contribution in [2.75, 3.05) is 7.05 Å². The Morgan fingerprint density at radius 2 is 1.77 bits per heavy atom. The number of rotatable bonds is 5. The van der Waals surface area contributed by atoms with E-state index in [0.29, 0.717) is 21.4 Å². The van der Waals surface area contributed by atoms with Gasteiger partial charge in [-0.1, -0.05) is 59.6 Å². The second-order valence-electron chi connectivity index (χ2n) is 6.56. The molecule has 0 spiro atoms. The summed E-state index contributed by atoms with van der Waals surface area (Å²) in [5.74, 6) is 0.671. The zero-order valence-corrected chi connectivity index (χ0v) is 18.2. The van der Waals surface area contributed by atoms with Gasteiger partial charge in [0.15, 0.2) is 0 Å². The van der Waals surface area contributed by atoms with Crippen LogP contribution in [0.15, 0.2) is 65.6 Å². The van der Waals surface area contributed by atoms with Crippen molar-refractivity contribution >= 4 is 56.4 Å². The molecule has 0 bridgehead atoms. The van der Waals surface area contributed by atoms with Crippen LogP contribution in [-0.4, -0.2) is 25.4 Å². The van der Waals surface area contributed by atoms with Gasteiger partial charge in [0.1, 0.15) is 5.82 Å². The SMILES string of the molecule is CNS(=O)(=O)c1ccccc1-c1ccc2nc(C=Cc3ccc(Cl)c(Cl)c3)[nH]c2c1. The second-order valence-corrected chi connectivity index (χ2v) is 9.23. The highest BCUT2D eigenvalue weighted by Crippen LogP contribution is 2.29. The number of nitrogens with one attached hydrogen (secondary N) is 2. The number of imidazole rings is 1. The van der Waals surface area contributed by atoms with E-state index < -0.39 is 10.0 Å². The third-order valence-electron chi connectivity index (χ3n) is 4.63. The molecule has 0 aliphatic carbocycles. The van der Waals surface area contributed by atoms with Crippen molar-refractivity contribution in [1.29, 1.82) is 0 Å². The topological polar surface area (TPSA) is 74.8 Å². The van der Waals surface area contributed by atoms with Crippen LogP contribution in [0.4, 0.5) is 0 Å². The van der Waals surface area contributed by atoms with Gasteiger partial charge in [-0.25, -0.2) is 18.1 Å². The fourth-order valence-corrected chi connectivity index (χ4v) is 4.38. The van der Waals surface area contributed by atoms with E-state index in [2.05, 4.69) is 14.7 Å². The molecule has 0 unspecified atom stereocenters. The van der Waals surface area contributed by atoms with Gasteiger partial charge in [-0.3, -0.25) is 0 Å². The van der Waals surface area contributed by atoms with Crippen LogP contribution >= 0.6 is 23.2 Å². The van der Waals surface area contributed by atoms with Crippen LogP contribution in [0.25, 0.3) is 34.3 Å². The van der Waals surface area contributed by atoms with Crippen molar-refractivity contribution in [3.05, 3.63) is 82.1 Å². The van der Waals surface area contributed by atoms with Gasteiger partial charge in [0.25, 0.3) is 0 Å². The molecule has 0 fully saturated rings. The van der Waals surface area contributed by atoms with Gasteiger partial charge >= 0.3 is 0 Å². The molecule has 1 aromatic heterocycles. The standard InChI is InChI=1S/C22H17Cl2N3O2S/c1-25-30(28,29)21-5-3-2-4-16(21)15-8-10-19-20(13-15)27-22(26-19)11-7-14-6-9-17(23)18(24)12-14/h2-13,25H,1H3,(H,26,27). The molecule has 30 heavy (non-hydrogen) atoms. The Labute approximate surface area is 184 Å².